The first kappa shape index (κ1) is 11.6. The van der Waals surface area contributed by atoms with Crippen molar-refractivity contribution in [3.8, 4) is 0 Å². The largest absolute Gasteiger partial charge is 0.383 e. The van der Waals surface area contributed by atoms with Gasteiger partial charge in [0.2, 0.25) is 5.95 Å². The summed E-state index contributed by atoms with van der Waals surface area (Å²) in [5.74, 6) is 1.11. The van der Waals surface area contributed by atoms with Gasteiger partial charge >= 0.3 is 0 Å². The normalized spacial score (nSPS) is 17.9. The van der Waals surface area contributed by atoms with Crippen LogP contribution in [0.25, 0.3) is 0 Å². The molecule has 0 spiro atoms. The van der Waals surface area contributed by atoms with E-state index < -0.39 is 0 Å². The molecule has 1 aromatic heterocycles. The Labute approximate surface area is 104 Å². The molecule has 1 aromatic rings. The van der Waals surface area contributed by atoms with Crippen LogP contribution < -0.4 is 11.1 Å². The lowest BCUT2D eigenvalue weighted by molar-refractivity contribution is 0.144. The summed E-state index contributed by atoms with van der Waals surface area (Å²) in [5.41, 5.74) is 6.12. The van der Waals surface area contributed by atoms with Gasteiger partial charge in [-0.15, -0.1) is 0 Å². The Hall–Kier alpha value is -0.840. The molecule has 0 saturated heterocycles. The van der Waals surface area contributed by atoms with Gasteiger partial charge in [-0.05, 0) is 40.6 Å². The molecule has 1 heterocycles. The highest BCUT2D eigenvalue weighted by molar-refractivity contribution is 9.10. The molecule has 5 heteroatoms. The van der Waals surface area contributed by atoms with E-state index in [0.29, 0.717) is 17.2 Å². The first-order chi connectivity index (χ1) is 7.63. The van der Waals surface area contributed by atoms with Gasteiger partial charge in [-0.1, -0.05) is 13.3 Å². The maximum atomic E-state index is 5.66. The minimum atomic E-state index is 0.459. The summed E-state index contributed by atoms with van der Waals surface area (Å²) in [6, 6.07) is 1.70. The highest BCUT2D eigenvalue weighted by Crippen LogP contribution is 2.43. The molecule has 0 atom stereocenters. The predicted octanol–water partition coefficient (Wildman–Crippen LogP) is 2.81. The van der Waals surface area contributed by atoms with Crippen LogP contribution in [0.1, 0.15) is 32.6 Å². The zero-order valence-electron chi connectivity index (χ0n) is 9.46. The molecule has 16 heavy (non-hydrogen) atoms. The van der Waals surface area contributed by atoms with E-state index in [9.17, 15) is 0 Å². The van der Waals surface area contributed by atoms with E-state index in [1.54, 1.807) is 6.07 Å². The molecule has 1 aliphatic rings. The molecule has 1 saturated carbocycles. The molecule has 3 N–H and O–H groups in total. The van der Waals surface area contributed by atoms with Gasteiger partial charge in [0.25, 0.3) is 0 Å². The van der Waals surface area contributed by atoms with Crippen LogP contribution in [0.4, 0.5) is 11.8 Å². The van der Waals surface area contributed by atoms with Gasteiger partial charge in [0.05, 0.1) is 0 Å². The van der Waals surface area contributed by atoms with Gasteiger partial charge in [-0.3, -0.25) is 0 Å². The number of nitrogens with zero attached hydrogens (tertiary/aromatic N) is 2. The number of hydrogen-bond donors (Lipinski definition) is 2. The van der Waals surface area contributed by atoms with Gasteiger partial charge < -0.3 is 11.1 Å². The lowest BCUT2D eigenvalue weighted by Crippen LogP contribution is -2.36. The fourth-order valence-electron chi connectivity index (χ4n) is 2.11. The summed E-state index contributed by atoms with van der Waals surface area (Å²) in [6.45, 7) is 3.19. The molecule has 0 bridgehead atoms. The van der Waals surface area contributed by atoms with Crippen molar-refractivity contribution in [1.82, 2.24) is 9.97 Å². The molecular weight excluding hydrogens is 268 g/mol. The molecule has 1 fully saturated rings. The summed E-state index contributed by atoms with van der Waals surface area (Å²) >= 11 is 3.31. The van der Waals surface area contributed by atoms with Gasteiger partial charge in [-0.25, -0.2) is 4.98 Å². The smallest absolute Gasteiger partial charge is 0.225 e. The van der Waals surface area contributed by atoms with Crippen molar-refractivity contribution in [2.24, 2.45) is 5.41 Å². The molecule has 0 amide bonds. The number of aromatic nitrogens is 2. The molecular formula is C11H17BrN4. The number of nitrogens with one attached hydrogen (secondary N) is 1. The third-order valence-corrected chi connectivity index (χ3v) is 3.91. The van der Waals surface area contributed by atoms with E-state index in [-0.39, 0.29) is 0 Å². The van der Waals surface area contributed by atoms with Crippen molar-refractivity contribution >= 4 is 27.7 Å². The van der Waals surface area contributed by atoms with Crippen LogP contribution in [0.3, 0.4) is 0 Å². The Balaban J connectivity index is 1.98. The lowest BCUT2D eigenvalue weighted by Gasteiger charge is -2.41. The Kier molecular flexibility index (Phi) is 3.33. The molecule has 0 unspecified atom stereocenters. The average Bonchev–Trinajstić information content (AvgIpc) is 2.15. The monoisotopic (exact) mass is 284 g/mol. The van der Waals surface area contributed by atoms with Crippen LogP contribution in [-0.4, -0.2) is 16.5 Å². The van der Waals surface area contributed by atoms with E-state index in [1.807, 2.05) is 0 Å². The van der Waals surface area contributed by atoms with E-state index in [1.165, 1.54) is 25.7 Å². The molecule has 88 valence electrons. The molecule has 0 radical (unpaired) electrons. The van der Waals surface area contributed by atoms with Crippen molar-refractivity contribution in [3.63, 3.8) is 0 Å². The molecule has 2 rings (SSSR count). The van der Waals surface area contributed by atoms with Crippen molar-refractivity contribution < 1.29 is 0 Å². The van der Waals surface area contributed by atoms with Crippen molar-refractivity contribution in [2.75, 3.05) is 17.6 Å². The van der Waals surface area contributed by atoms with Gasteiger partial charge in [0.1, 0.15) is 10.4 Å². The molecule has 0 aromatic carbocycles. The van der Waals surface area contributed by atoms with Crippen LogP contribution >= 0.6 is 15.9 Å². The number of rotatable bonds is 4. The number of hydrogen-bond acceptors (Lipinski definition) is 4. The first-order valence-electron chi connectivity index (χ1n) is 5.67. The Bertz CT molecular complexity index is 350. The van der Waals surface area contributed by atoms with E-state index in [2.05, 4.69) is 38.1 Å². The van der Waals surface area contributed by atoms with Crippen LogP contribution in [0, 0.1) is 5.41 Å². The lowest BCUT2D eigenvalue weighted by atomic mass is 9.67. The number of anilines is 2. The summed E-state index contributed by atoms with van der Waals surface area (Å²) in [5, 5.41) is 3.29. The van der Waals surface area contributed by atoms with Crippen LogP contribution in [0.5, 0.6) is 0 Å². The quantitative estimate of drug-likeness (QED) is 0.835. The molecule has 0 aliphatic heterocycles. The number of halogens is 1. The second-order valence-electron chi connectivity index (χ2n) is 4.50. The Morgan fingerprint density at radius 2 is 2.25 bits per heavy atom. The summed E-state index contributed by atoms with van der Waals surface area (Å²) in [7, 11) is 0. The maximum Gasteiger partial charge on any atom is 0.225 e. The van der Waals surface area contributed by atoms with Gasteiger partial charge in [0, 0.05) is 12.6 Å². The minimum absolute atomic E-state index is 0.459. The minimum Gasteiger partial charge on any atom is -0.383 e. The zero-order valence-corrected chi connectivity index (χ0v) is 11.0. The second kappa shape index (κ2) is 4.57. The number of nitrogens with two attached hydrogens (primary N) is 1. The maximum absolute atomic E-state index is 5.66. The third kappa shape index (κ3) is 2.45. The summed E-state index contributed by atoms with van der Waals surface area (Å²) in [4.78, 5) is 8.40. The van der Waals surface area contributed by atoms with Gasteiger partial charge in [0.15, 0.2) is 0 Å². The highest BCUT2D eigenvalue weighted by Gasteiger charge is 2.34. The summed E-state index contributed by atoms with van der Waals surface area (Å²) in [6.07, 6.45) is 5.17. The molecule has 4 nitrogen and oxygen atoms in total. The van der Waals surface area contributed by atoms with E-state index >= 15 is 0 Å². The fraction of sp³-hybridized carbons (Fsp3) is 0.636. The van der Waals surface area contributed by atoms with Crippen LogP contribution in [-0.2, 0) is 0 Å². The van der Waals surface area contributed by atoms with Crippen molar-refractivity contribution in [3.05, 3.63) is 10.7 Å². The Morgan fingerprint density at radius 1 is 1.50 bits per heavy atom. The molecule has 1 aliphatic carbocycles. The van der Waals surface area contributed by atoms with E-state index in [4.69, 9.17) is 5.73 Å². The highest BCUT2D eigenvalue weighted by atomic mass is 79.9. The second-order valence-corrected chi connectivity index (χ2v) is 5.31. The third-order valence-electron chi connectivity index (χ3n) is 3.50. The van der Waals surface area contributed by atoms with Crippen molar-refractivity contribution in [1.29, 1.82) is 0 Å². The standard InChI is InChI=1S/C11H17BrN4/c1-2-11(4-3-5-11)7-14-10-15-8(12)6-9(13)16-10/h6H,2-5,7H2,1H3,(H3,13,14,15,16). The summed E-state index contributed by atoms with van der Waals surface area (Å²) < 4.78 is 0.724. The SMILES string of the molecule is CCC1(CNc2nc(N)cc(Br)n2)CCC1. The average molecular weight is 285 g/mol. The predicted molar refractivity (Wildman–Crippen MR) is 69.2 cm³/mol. The zero-order chi connectivity index (χ0) is 11.6. The fourth-order valence-corrected chi connectivity index (χ4v) is 2.52. The number of nitrogen functional groups attached to an aromatic ring is 1. The van der Waals surface area contributed by atoms with Crippen LogP contribution in [0.15, 0.2) is 10.7 Å². The first-order valence-corrected chi connectivity index (χ1v) is 6.47. The van der Waals surface area contributed by atoms with Crippen LogP contribution in [0.2, 0.25) is 0 Å². The van der Waals surface area contributed by atoms with E-state index in [0.717, 1.165) is 11.1 Å². The Morgan fingerprint density at radius 3 is 2.75 bits per heavy atom. The van der Waals surface area contributed by atoms with Crippen molar-refractivity contribution in [2.45, 2.75) is 32.6 Å². The van der Waals surface area contributed by atoms with Gasteiger partial charge in [-0.2, -0.15) is 4.98 Å². The topological polar surface area (TPSA) is 63.8 Å².